The van der Waals surface area contributed by atoms with Gasteiger partial charge >= 0.3 is 0 Å². The van der Waals surface area contributed by atoms with Crippen LogP contribution in [0.15, 0.2) is 12.4 Å². The minimum Gasteiger partial charge on any atom is -0.369 e. The van der Waals surface area contributed by atoms with Crippen LogP contribution in [0.4, 0.5) is 0 Å². The predicted octanol–water partition coefficient (Wildman–Crippen LogP) is 2.79. The lowest BCUT2D eigenvalue weighted by molar-refractivity contribution is -0.0518. The van der Waals surface area contributed by atoms with E-state index in [1.54, 1.807) is 0 Å². The van der Waals surface area contributed by atoms with Crippen molar-refractivity contribution >= 4 is 0 Å². The first-order valence-corrected chi connectivity index (χ1v) is 7.49. The number of nitrogens with two attached hydrogens (primary N) is 1. The molecular weight excluding hydrogens is 238 g/mol. The summed E-state index contributed by atoms with van der Waals surface area (Å²) >= 11 is 0. The number of ether oxygens (including phenoxy) is 1. The maximum atomic E-state index is 6.34. The minimum absolute atomic E-state index is 0.0194. The zero-order valence-corrected chi connectivity index (χ0v) is 12.4. The molecule has 108 valence electrons. The van der Waals surface area contributed by atoms with E-state index >= 15 is 0 Å². The molecule has 0 aromatic carbocycles. The molecule has 0 bridgehead atoms. The van der Waals surface area contributed by atoms with Crippen LogP contribution in [0.3, 0.4) is 0 Å². The van der Waals surface area contributed by atoms with Crippen molar-refractivity contribution in [2.45, 2.75) is 64.2 Å². The predicted molar refractivity (Wildman–Crippen MR) is 76.7 cm³/mol. The van der Waals surface area contributed by atoms with Crippen molar-refractivity contribution in [3.8, 4) is 0 Å². The molecule has 1 saturated carbocycles. The van der Waals surface area contributed by atoms with Gasteiger partial charge in [0.25, 0.3) is 0 Å². The zero-order chi connectivity index (χ0) is 13.8. The number of aromatic nitrogens is 2. The van der Waals surface area contributed by atoms with Crippen LogP contribution < -0.4 is 5.73 Å². The van der Waals surface area contributed by atoms with Crippen molar-refractivity contribution < 1.29 is 4.74 Å². The van der Waals surface area contributed by atoms with E-state index in [1.165, 1.54) is 12.8 Å². The zero-order valence-electron chi connectivity index (χ0n) is 12.4. The third-order valence-corrected chi connectivity index (χ3v) is 4.14. The van der Waals surface area contributed by atoms with Crippen LogP contribution in [0.1, 0.15) is 57.6 Å². The highest BCUT2D eigenvalue weighted by molar-refractivity contribution is 5.11. The molecule has 0 aliphatic heterocycles. The van der Waals surface area contributed by atoms with Crippen LogP contribution in [0.2, 0.25) is 0 Å². The molecule has 0 saturated heterocycles. The molecule has 0 amide bonds. The maximum absolute atomic E-state index is 6.34. The van der Waals surface area contributed by atoms with Crippen molar-refractivity contribution in [2.75, 3.05) is 0 Å². The Balaban J connectivity index is 2.05. The van der Waals surface area contributed by atoms with E-state index in [0.717, 1.165) is 30.7 Å². The first-order chi connectivity index (χ1) is 9.10. The first-order valence-electron chi connectivity index (χ1n) is 7.49. The van der Waals surface area contributed by atoms with E-state index in [9.17, 15) is 0 Å². The van der Waals surface area contributed by atoms with Crippen LogP contribution in [0, 0.1) is 5.92 Å². The minimum atomic E-state index is -0.0194. The molecule has 4 nitrogen and oxygen atoms in total. The standard InChI is InChI=1S/C15H27N3O/c1-4-14(16)15(12-9-17-18(3)10-12)19-13-7-5-6-11(2)8-13/h9-11,13-15H,4-8,16H2,1-3H3. The fraction of sp³-hybridized carbons (Fsp3) is 0.800. The molecule has 2 N–H and O–H groups in total. The summed E-state index contributed by atoms with van der Waals surface area (Å²) in [5.41, 5.74) is 7.35. The Morgan fingerprint density at radius 3 is 2.89 bits per heavy atom. The quantitative estimate of drug-likeness (QED) is 0.890. The lowest BCUT2D eigenvalue weighted by Gasteiger charge is -2.32. The molecule has 19 heavy (non-hydrogen) atoms. The average molecular weight is 265 g/mol. The van der Waals surface area contributed by atoms with Crippen molar-refractivity contribution in [3.63, 3.8) is 0 Å². The summed E-state index contributed by atoms with van der Waals surface area (Å²) in [6.07, 6.45) is 10.1. The summed E-state index contributed by atoms with van der Waals surface area (Å²) in [7, 11) is 1.93. The van der Waals surface area contributed by atoms with Gasteiger partial charge in [0.15, 0.2) is 0 Å². The third kappa shape index (κ3) is 3.80. The molecule has 1 aromatic rings. The molecule has 0 spiro atoms. The molecule has 0 radical (unpaired) electrons. The molecule has 1 aliphatic rings. The Labute approximate surface area is 116 Å². The maximum Gasteiger partial charge on any atom is 0.101 e. The first kappa shape index (κ1) is 14.5. The van der Waals surface area contributed by atoms with Gasteiger partial charge in [0.05, 0.1) is 12.3 Å². The Morgan fingerprint density at radius 1 is 1.53 bits per heavy atom. The highest BCUT2D eigenvalue weighted by atomic mass is 16.5. The van der Waals surface area contributed by atoms with Gasteiger partial charge in [0.2, 0.25) is 0 Å². The highest BCUT2D eigenvalue weighted by Gasteiger charge is 2.27. The largest absolute Gasteiger partial charge is 0.369 e. The van der Waals surface area contributed by atoms with E-state index < -0.39 is 0 Å². The molecule has 2 rings (SSSR count). The van der Waals surface area contributed by atoms with Gasteiger partial charge in [-0.15, -0.1) is 0 Å². The molecule has 4 atom stereocenters. The van der Waals surface area contributed by atoms with Gasteiger partial charge in [-0.25, -0.2) is 0 Å². The molecule has 1 aliphatic carbocycles. The third-order valence-electron chi connectivity index (χ3n) is 4.14. The van der Waals surface area contributed by atoms with Crippen LogP contribution in [-0.4, -0.2) is 21.9 Å². The van der Waals surface area contributed by atoms with Gasteiger partial charge in [-0.05, 0) is 25.2 Å². The Morgan fingerprint density at radius 2 is 2.32 bits per heavy atom. The summed E-state index contributed by atoms with van der Waals surface area (Å²) in [5, 5.41) is 4.24. The lowest BCUT2D eigenvalue weighted by atomic mass is 9.88. The SMILES string of the molecule is CCC(N)C(OC1CCCC(C)C1)c1cnn(C)c1. The van der Waals surface area contributed by atoms with Gasteiger partial charge in [0, 0.05) is 24.8 Å². The molecule has 1 aromatic heterocycles. The number of nitrogens with zero attached hydrogens (tertiary/aromatic N) is 2. The monoisotopic (exact) mass is 265 g/mol. The van der Waals surface area contributed by atoms with Crippen LogP contribution >= 0.6 is 0 Å². The summed E-state index contributed by atoms with van der Waals surface area (Å²) in [6.45, 7) is 4.43. The summed E-state index contributed by atoms with van der Waals surface area (Å²) in [4.78, 5) is 0. The highest BCUT2D eigenvalue weighted by Crippen LogP contribution is 2.31. The van der Waals surface area contributed by atoms with Gasteiger partial charge in [-0.3, -0.25) is 4.68 Å². The van der Waals surface area contributed by atoms with Gasteiger partial charge in [-0.1, -0.05) is 26.7 Å². The summed E-state index contributed by atoms with van der Waals surface area (Å²) in [6, 6.07) is 0.0430. The van der Waals surface area contributed by atoms with Crippen LogP contribution in [0.25, 0.3) is 0 Å². The van der Waals surface area contributed by atoms with E-state index in [2.05, 4.69) is 18.9 Å². The fourth-order valence-electron chi connectivity index (χ4n) is 2.94. The van der Waals surface area contributed by atoms with E-state index in [1.807, 2.05) is 24.1 Å². The smallest absolute Gasteiger partial charge is 0.101 e. The van der Waals surface area contributed by atoms with E-state index in [0.29, 0.717) is 6.10 Å². The lowest BCUT2D eigenvalue weighted by Crippen LogP contribution is -2.33. The second-order valence-corrected chi connectivity index (χ2v) is 5.97. The normalized spacial score (nSPS) is 27.2. The molecule has 1 fully saturated rings. The van der Waals surface area contributed by atoms with Crippen molar-refractivity contribution in [1.82, 2.24) is 9.78 Å². The molecular formula is C15H27N3O. The van der Waals surface area contributed by atoms with Crippen LogP contribution in [-0.2, 0) is 11.8 Å². The van der Waals surface area contributed by atoms with Gasteiger partial charge in [0.1, 0.15) is 6.10 Å². The summed E-state index contributed by atoms with van der Waals surface area (Å²) < 4.78 is 8.15. The average Bonchev–Trinajstić information content (AvgIpc) is 2.81. The second-order valence-electron chi connectivity index (χ2n) is 5.97. The fourth-order valence-corrected chi connectivity index (χ4v) is 2.94. The Hall–Kier alpha value is -0.870. The number of rotatable bonds is 5. The molecule has 1 heterocycles. The van der Waals surface area contributed by atoms with Crippen LogP contribution in [0.5, 0.6) is 0 Å². The van der Waals surface area contributed by atoms with E-state index in [4.69, 9.17) is 10.5 Å². The molecule has 4 unspecified atom stereocenters. The second kappa shape index (κ2) is 6.53. The van der Waals surface area contributed by atoms with E-state index in [-0.39, 0.29) is 12.1 Å². The topological polar surface area (TPSA) is 53.1 Å². The number of hydrogen-bond donors (Lipinski definition) is 1. The number of hydrogen-bond acceptors (Lipinski definition) is 3. The Kier molecular flexibility index (Phi) is 4.99. The van der Waals surface area contributed by atoms with Crippen molar-refractivity contribution in [3.05, 3.63) is 18.0 Å². The van der Waals surface area contributed by atoms with Gasteiger partial charge < -0.3 is 10.5 Å². The van der Waals surface area contributed by atoms with Crippen molar-refractivity contribution in [2.24, 2.45) is 18.7 Å². The Bertz CT molecular complexity index is 390. The summed E-state index contributed by atoms with van der Waals surface area (Å²) in [5.74, 6) is 0.770. The van der Waals surface area contributed by atoms with Gasteiger partial charge in [-0.2, -0.15) is 5.10 Å². The number of aryl methyl sites for hydroxylation is 1. The molecule has 4 heteroatoms. The van der Waals surface area contributed by atoms with Crippen molar-refractivity contribution in [1.29, 1.82) is 0 Å².